The molecule has 1 unspecified atom stereocenters. The van der Waals surface area contributed by atoms with Crippen molar-refractivity contribution in [1.29, 1.82) is 0 Å². The molecular formula is C11H19BrN2OS. The van der Waals surface area contributed by atoms with Crippen molar-refractivity contribution in [2.75, 3.05) is 20.1 Å². The minimum absolute atomic E-state index is 0.169. The maximum absolute atomic E-state index is 9.80. The highest BCUT2D eigenvalue weighted by Crippen LogP contribution is 2.30. The quantitative estimate of drug-likeness (QED) is 0.877. The lowest BCUT2D eigenvalue weighted by molar-refractivity contribution is 0.0325. The average Bonchev–Trinajstić information content (AvgIpc) is 2.49. The summed E-state index contributed by atoms with van der Waals surface area (Å²) in [6, 6.07) is 4.27. The van der Waals surface area contributed by atoms with E-state index < -0.39 is 5.60 Å². The zero-order valence-electron chi connectivity index (χ0n) is 9.90. The van der Waals surface area contributed by atoms with Gasteiger partial charge in [-0.05, 0) is 49.0 Å². The van der Waals surface area contributed by atoms with Crippen LogP contribution in [0.15, 0.2) is 15.9 Å². The first kappa shape index (κ1) is 14.1. The summed E-state index contributed by atoms with van der Waals surface area (Å²) in [5.74, 6) is 0. The van der Waals surface area contributed by atoms with Crippen molar-refractivity contribution >= 4 is 27.3 Å². The Hall–Kier alpha value is 0.0600. The maximum atomic E-state index is 9.80. The molecule has 92 valence electrons. The molecule has 1 aromatic heterocycles. The third-order valence-electron chi connectivity index (χ3n) is 2.31. The molecule has 0 aromatic carbocycles. The molecule has 0 fully saturated rings. The molecule has 1 atom stereocenters. The van der Waals surface area contributed by atoms with Crippen LogP contribution < -0.4 is 5.73 Å². The maximum Gasteiger partial charge on any atom is 0.0718 e. The second-order valence-electron chi connectivity index (χ2n) is 4.62. The van der Waals surface area contributed by atoms with Crippen molar-refractivity contribution in [1.82, 2.24) is 4.90 Å². The van der Waals surface area contributed by atoms with E-state index in [9.17, 15) is 5.11 Å². The number of aliphatic hydroxyl groups is 1. The Morgan fingerprint density at radius 3 is 2.56 bits per heavy atom. The lowest BCUT2D eigenvalue weighted by atomic mass is 10.1. The number of hydrogen-bond acceptors (Lipinski definition) is 4. The van der Waals surface area contributed by atoms with Crippen LogP contribution in [0, 0.1) is 0 Å². The van der Waals surface area contributed by atoms with Gasteiger partial charge in [0.15, 0.2) is 0 Å². The van der Waals surface area contributed by atoms with Crippen molar-refractivity contribution in [3.63, 3.8) is 0 Å². The Labute approximate surface area is 109 Å². The normalized spacial score (nSPS) is 14.4. The molecule has 0 aliphatic heterocycles. The minimum Gasteiger partial charge on any atom is -0.389 e. The van der Waals surface area contributed by atoms with Crippen LogP contribution in [0.3, 0.4) is 0 Å². The Bertz CT molecular complexity index is 335. The molecule has 3 nitrogen and oxygen atoms in total. The minimum atomic E-state index is -0.698. The number of hydrogen-bond donors (Lipinski definition) is 2. The van der Waals surface area contributed by atoms with Crippen LogP contribution >= 0.6 is 27.3 Å². The molecular weight excluding hydrogens is 288 g/mol. The Morgan fingerprint density at radius 2 is 2.19 bits per heavy atom. The molecule has 5 heteroatoms. The smallest absolute Gasteiger partial charge is 0.0718 e. The van der Waals surface area contributed by atoms with Crippen LogP contribution in [0.4, 0.5) is 0 Å². The van der Waals surface area contributed by atoms with Crippen LogP contribution in [0.25, 0.3) is 0 Å². The summed E-state index contributed by atoms with van der Waals surface area (Å²) in [5, 5.41) is 9.80. The summed E-state index contributed by atoms with van der Waals surface area (Å²) in [6.45, 7) is 4.77. The number of rotatable bonds is 5. The first-order chi connectivity index (χ1) is 7.33. The zero-order valence-corrected chi connectivity index (χ0v) is 12.3. The predicted octanol–water partition coefficient (Wildman–Crippen LogP) is 2.21. The first-order valence-electron chi connectivity index (χ1n) is 5.21. The molecule has 1 aromatic rings. The third kappa shape index (κ3) is 4.14. The van der Waals surface area contributed by atoms with Gasteiger partial charge in [-0.2, -0.15) is 0 Å². The van der Waals surface area contributed by atoms with Gasteiger partial charge in [0.25, 0.3) is 0 Å². The van der Waals surface area contributed by atoms with Crippen molar-refractivity contribution < 1.29 is 5.11 Å². The van der Waals surface area contributed by atoms with Crippen molar-refractivity contribution in [2.45, 2.75) is 25.5 Å². The van der Waals surface area contributed by atoms with Crippen LogP contribution in [0.1, 0.15) is 24.8 Å². The number of nitrogens with two attached hydrogens (primary N) is 1. The molecule has 0 radical (unpaired) electrons. The molecule has 0 aliphatic rings. The van der Waals surface area contributed by atoms with Gasteiger partial charge in [-0.1, -0.05) is 0 Å². The van der Waals surface area contributed by atoms with E-state index in [2.05, 4.69) is 26.9 Å². The lowest BCUT2D eigenvalue weighted by Crippen LogP contribution is -2.40. The highest BCUT2D eigenvalue weighted by molar-refractivity contribution is 9.11. The van der Waals surface area contributed by atoms with Gasteiger partial charge in [0.1, 0.15) is 0 Å². The summed E-state index contributed by atoms with van der Waals surface area (Å²) < 4.78 is 1.11. The monoisotopic (exact) mass is 306 g/mol. The Morgan fingerprint density at radius 1 is 1.56 bits per heavy atom. The van der Waals surface area contributed by atoms with E-state index in [1.165, 1.54) is 4.88 Å². The fourth-order valence-electron chi connectivity index (χ4n) is 1.74. The molecule has 16 heavy (non-hydrogen) atoms. The highest BCUT2D eigenvalue weighted by atomic mass is 79.9. The molecule has 1 rings (SSSR count). The molecule has 1 heterocycles. The summed E-state index contributed by atoms with van der Waals surface area (Å²) in [4.78, 5) is 3.32. The van der Waals surface area contributed by atoms with Crippen molar-refractivity contribution in [3.8, 4) is 0 Å². The number of halogens is 1. The largest absolute Gasteiger partial charge is 0.389 e. The number of nitrogens with zero attached hydrogens (tertiary/aromatic N) is 1. The second-order valence-corrected chi connectivity index (χ2v) is 7.12. The van der Waals surface area contributed by atoms with E-state index in [-0.39, 0.29) is 6.04 Å². The van der Waals surface area contributed by atoms with Gasteiger partial charge in [0.2, 0.25) is 0 Å². The molecule has 0 saturated carbocycles. The molecule has 0 spiro atoms. The SMILES string of the molecule is CN(CC(C)(C)O)C(CN)c1ccc(Br)s1. The van der Waals surface area contributed by atoms with Gasteiger partial charge >= 0.3 is 0 Å². The van der Waals surface area contributed by atoms with Crippen LogP contribution in [-0.2, 0) is 0 Å². The van der Waals surface area contributed by atoms with E-state index in [4.69, 9.17) is 5.73 Å². The Balaban J connectivity index is 2.74. The van der Waals surface area contributed by atoms with Gasteiger partial charge in [-0.3, -0.25) is 4.90 Å². The Kier molecular flexibility index (Phi) is 4.94. The summed E-state index contributed by atoms with van der Waals surface area (Å²) in [6.07, 6.45) is 0. The van der Waals surface area contributed by atoms with E-state index in [1.54, 1.807) is 25.2 Å². The first-order valence-corrected chi connectivity index (χ1v) is 6.82. The topological polar surface area (TPSA) is 49.5 Å². The van der Waals surface area contributed by atoms with E-state index in [0.29, 0.717) is 13.1 Å². The number of likely N-dealkylation sites (N-methyl/N-ethyl adjacent to an activating group) is 1. The summed E-state index contributed by atoms with van der Waals surface area (Å²) in [5.41, 5.74) is 5.10. The van der Waals surface area contributed by atoms with Crippen molar-refractivity contribution in [3.05, 3.63) is 20.8 Å². The molecule has 0 saturated heterocycles. The zero-order chi connectivity index (χ0) is 12.3. The van der Waals surface area contributed by atoms with Gasteiger partial charge in [0.05, 0.1) is 15.4 Å². The standard InChI is InChI=1S/C11H19BrN2OS/c1-11(2,15)7-14(3)8(6-13)9-4-5-10(12)16-9/h4-5,8,15H,6-7,13H2,1-3H3. The van der Waals surface area contributed by atoms with Gasteiger partial charge in [-0.25, -0.2) is 0 Å². The number of thiophene rings is 1. The second kappa shape index (κ2) is 5.60. The molecule has 0 aliphatic carbocycles. The molecule has 0 bridgehead atoms. The van der Waals surface area contributed by atoms with Gasteiger partial charge in [0, 0.05) is 18.0 Å². The van der Waals surface area contributed by atoms with Gasteiger partial charge in [-0.15, -0.1) is 11.3 Å². The molecule has 3 N–H and O–H groups in total. The average molecular weight is 307 g/mol. The van der Waals surface area contributed by atoms with Crippen LogP contribution in [0.2, 0.25) is 0 Å². The van der Waals surface area contributed by atoms with Crippen LogP contribution in [-0.4, -0.2) is 35.7 Å². The summed E-state index contributed by atoms with van der Waals surface area (Å²) >= 11 is 5.14. The predicted molar refractivity (Wildman–Crippen MR) is 72.7 cm³/mol. The summed E-state index contributed by atoms with van der Waals surface area (Å²) in [7, 11) is 1.99. The molecule has 0 amide bonds. The van der Waals surface area contributed by atoms with E-state index >= 15 is 0 Å². The van der Waals surface area contributed by atoms with Crippen LogP contribution in [0.5, 0.6) is 0 Å². The van der Waals surface area contributed by atoms with E-state index in [0.717, 1.165) is 3.79 Å². The fraction of sp³-hybridized carbons (Fsp3) is 0.636. The lowest BCUT2D eigenvalue weighted by Gasteiger charge is -2.31. The van der Waals surface area contributed by atoms with Gasteiger partial charge < -0.3 is 10.8 Å². The third-order valence-corrected chi connectivity index (χ3v) is 4.04. The fourth-order valence-corrected chi connectivity index (χ4v) is 3.34. The van der Waals surface area contributed by atoms with Crippen molar-refractivity contribution in [2.24, 2.45) is 5.73 Å². The highest BCUT2D eigenvalue weighted by Gasteiger charge is 2.23. The van der Waals surface area contributed by atoms with E-state index in [1.807, 2.05) is 13.1 Å².